The van der Waals surface area contributed by atoms with Crippen LogP contribution in [0.2, 0.25) is 0 Å². The van der Waals surface area contributed by atoms with Crippen molar-refractivity contribution in [2.24, 2.45) is 0 Å². The van der Waals surface area contributed by atoms with E-state index in [9.17, 15) is 13.2 Å². The van der Waals surface area contributed by atoms with Gasteiger partial charge in [0.05, 0.1) is 12.5 Å². The molecular formula is C15H10F3N. The molecule has 2 rings (SSSR count). The van der Waals surface area contributed by atoms with Gasteiger partial charge in [-0.3, -0.25) is 0 Å². The smallest absolute Gasteiger partial charge is 0.207 e. The molecular weight excluding hydrogens is 251 g/mol. The van der Waals surface area contributed by atoms with Gasteiger partial charge in [0.25, 0.3) is 5.92 Å². The lowest BCUT2D eigenvalue weighted by Gasteiger charge is -2.17. The molecule has 0 atom stereocenters. The van der Waals surface area contributed by atoms with E-state index >= 15 is 0 Å². The zero-order valence-corrected chi connectivity index (χ0v) is 9.91. The highest BCUT2D eigenvalue weighted by molar-refractivity contribution is 5.36. The molecule has 2 aromatic rings. The summed E-state index contributed by atoms with van der Waals surface area (Å²) in [5.74, 6) is -3.77. The number of rotatable bonds is 3. The maximum absolute atomic E-state index is 14.2. The summed E-state index contributed by atoms with van der Waals surface area (Å²) in [5, 5.41) is 8.58. The lowest BCUT2D eigenvalue weighted by Crippen LogP contribution is -2.15. The van der Waals surface area contributed by atoms with Crippen LogP contribution in [0.3, 0.4) is 0 Å². The first kappa shape index (κ1) is 13.2. The van der Waals surface area contributed by atoms with Crippen molar-refractivity contribution in [1.29, 1.82) is 5.26 Å². The van der Waals surface area contributed by atoms with Gasteiger partial charge in [-0.2, -0.15) is 14.0 Å². The minimum atomic E-state index is -3.21. The average molecular weight is 261 g/mol. The summed E-state index contributed by atoms with van der Waals surface area (Å²) >= 11 is 0. The van der Waals surface area contributed by atoms with E-state index in [4.69, 9.17) is 5.26 Å². The lowest BCUT2D eigenvalue weighted by molar-refractivity contribution is 0.0427. The first-order valence-corrected chi connectivity index (χ1v) is 5.64. The van der Waals surface area contributed by atoms with Crippen molar-refractivity contribution in [2.45, 2.75) is 12.3 Å². The van der Waals surface area contributed by atoms with Gasteiger partial charge in [0, 0.05) is 11.1 Å². The molecule has 1 nitrogen and oxygen atoms in total. The predicted molar refractivity (Wildman–Crippen MR) is 65.2 cm³/mol. The van der Waals surface area contributed by atoms with E-state index in [0.717, 1.165) is 24.3 Å². The molecule has 0 saturated heterocycles. The Morgan fingerprint density at radius 2 is 1.68 bits per heavy atom. The fourth-order valence-electron chi connectivity index (χ4n) is 1.79. The molecule has 0 aromatic heterocycles. The maximum atomic E-state index is 14.2. The minimum absolute atomic E-state index is 0.0767. The number of alkyl halides is 2. The quantitative estimate of drug-likeness (QED) is 0.818. The van der Waals surface area contributed by atoms with Crippen molar-refractivity contribution < 1.29 is 13.2 Å². The number of halogens is 3. The van der Waals surface area contributed by atoms with Gasteiger partial charge in [-0.1, -0.05) is 18.2 Å². The summed E-state index contributed by atoms with van der Waals surface area (Å²) in [6, 6.07) is 11.7. The Morgan fingerprint density at radius 1 is 1.00 bits per heavy atom. The van der Waals surface area contributed by atoms with Crippen LogP contribution in [0.4, 0.5) is 13.2 Å². The van der Waals surface area contributed by atoms with Crippen molar-refractivity contribution in [3.05, 3.63) is 71.0 Å². The van der Waals surface area contributed by atoms with Gasteiger partial charge in [-0.05, 0) is 35.9 Å². The summed E-state index contributed by atoms with van der Waals surface area (Å²) in [5.41, 5.74) is 0.0525. The highest BCUT2D eigenvalue weighted by Gasteiger charge is 2.33. The van der Waals surface area contributed by atoms with Crippen LogP contribution in [0, 0.1) is 17.1 Å². The molecule has 0 heterocycles. The average Bonchev–Trinajstić information content (AvgIpc) is 2.40. The molecule has 0 spiro atoms. The Kier molecular flexibility index (Phi) is 3.57. The van der Waals surface area contributed by atoms with E-state index < -0.39 is 11.7 Å². The van der Waals surface area contributed by atoms with Crippen LogP contribution < -0.4 is 0 Å². The maximum Gasteiger partial charge on any atom is 0.298 e. The monoisotopic (exact) mass is 261 g/mol. The Morgan fingerprint density at radius 3 is 2.32 bits per heavy atom. The molecule has 96 valence electrons. The lowest BCUT2D eigenvalue weighted by atomic mass is 9.98. The molecule has 4 heteroatoms. The van der Waals surface area contributed by atoms with Gasteiger partial charge in [0.2, 0.25) is 0 Å². The molecule has 0 aliphatic carbocycles. The van der Waals surface area contributed by atoms with Gasteiger partial charge in [-0.25, -0.2) is 4.39 Å². The van der Waals surface area contributed by atoms with Crippen LogP contribution in [0.25, 0.3) is 0 Å². The molecule has 0 N–H and O–H groups in total. The standard InChI is InChI=1S/C15H10F3N/c16-14-6-4-12(5-7-14)15(17,18)13-3-1-2-11(10-13)8-9-19/h1-7,10H,8H2. The number of nitrogens with zero attached hydrogens (tertiary/aromatic N) is 1. The molecule has 0 unspecified atom stereocenters. The van der Waals surface area contributed by atoms with E-state index in [-0.39, 0.29) is 17.5 Å². The molecule has 19 heavy (non-hydrogen) atoms. The molecule has 0 amide bonds. The van der Waals surface area contributed by atoms with Crippen molar-refractivity contribution in [1.82, 2.24) is 0 Å². The fourth-order valence-corrected chi connectivity index (χ4v) is 1.79. The number of benzene rings is 2. The second kappa shape index (κ2) is 5.15. The first-order valence-electron chi connectivity index (χ1n) is 5.64. The third-order valence-electron chi connectivity index (χ3n) is 2.78. The van der Waals surface area contributed by atoms with Gasteiger partial charge >= 0.3 is 0 Å². The van der Waals surface area contributed by atoms with Crippen molar-refractivity contribution in [3.8, 4) is 6.07 Å². The second-order valence-corrected chi connectivity index (χ2v) is 4.12. The van der Waals surface area contributed by atoms with Gasteiger partial charge < -0.3 is 0 Å². The molecule has 0 saturated carbocycles. The molecule has 0 radical (unpaired) electrons. The van der Waals surface area contributed by atoms with Gasteiger partial charge in [0.15, 0.2) is 0 Å². The number of nitriles is 1. The molecule has 0 bridgehead atoms. The summed E-state index contributed by atoms with van der Waals surface area (Å²) < 4.78 is 41.2. The largest absolute Gasteiger partial charge is 0.298 e. The highest BCUT2D eigenvalue weighted by atomic mass is 19.3. The SMILES string of the molecule is N#CCc1cccc(C(F)(F)c2ccc(F)cc2)c1. The van der Waals surface area contributed by atoms with E-state index in [2.05, 4.69) is 0 Å². The summed E-state index contributed by atoms with van der Waals surface area (Å²) in [7, 11) is 0. The van der Waals surface area contributed by atoms with Crippen LogP contribution in [0.1, 0.15) is 16.7 Å². The normalized spacial score (nSPS) is 11.1. The Balaban J connectivity index is 2.41. The predicted octanol–water partition coefficient (Wildman–Crippen LogP) is 4.03. The van der Waals surface area contributed by atoms with Crippen LogP contribution in [0.5, 0.6) is 0 Å². The first-order chi connectivity index (χ1) is 9.04. The van der Waals surface area contributed by atoms with Crippen molar-refractivity contribution in [2.75, 3.05) is 0 Å². The zero-order valence-electron chi connectivity index (χ0n) is 9.91. The van der Waals surface area contributed by atoms with E-state index in [0.29, 0.717) is 5.56 Å². The summed E-state index contributed by atoms with van der Waals surface area (Å²) in [6.45, 7) is 0. The molecule has 2 aromatic carbocycles. The third-order valence-corrected chi connectivity index (χ3v) is 2.78. The van der Waals surface area contributed by atoms with E-state index in [1.54, 1.807) is 6.07 Å². The van der Waals surface area contributed by atoms with Gasteiger partial charge in [-0.15, -0.1) is 0 Å². The minimum Gasteiger partial charge on any atom is -0.207 e. The summed E-state index contributed by atoms with van der Waals surface area (Å²) in [4.78, 5) is 0. The number of hydrogen-bond donors (Lipinski definition) is 0. The number of hydrogen-bond acceptors (Lipinski definition) is 1. The third kappa shape index (κ3) is 2.76. The Bertz CT molecular complexity index is 612. The Hall–Kier alpha value is -2.28. The molecule has 0 fully saturated rings. The van der Waals surface area contributed by atoms with Crippen molar-refractivity contribution >= 4 is 0 Å². The van der Waals surface area contributed by atoms with Crippen LogP contribution >= 0.6 is 0 Å². The van der Waals surface area contributed by atoms with E-state index in [1.807, 2.05) is 6.07 Å². The van der Waals surface area contributed by atoms with Gasteiger partial charge in [0.1, 0.15) is 5.82 Å². The van der Waals surface area contributed by atoms with E-state index in [1.165, 1.54) is 18.2 Å². The Labute approximate surface area is 108 Å². The fraction of sp³-hybridized carbons (Fsp3) is 0.133. The highest BCUT2D eigenvalue weighted by Crippen LogP contribution is 2.35. The zero-order chi connectivity index (χ0) is 13.9. The van der Waals surface area contributed by atoms with Crippen LogP contribution in [-0.2, 0) is 12.3 Å². The van der Waals surface area contributed by atoms with Crippen LogP contribution in [0.15, 0.2) is 48.5 Å². The van der Waals surface area contributed by atoms with Crippen LogP contribution in [-0.4, -0.2) is 0 Å². The molecule has 0 aliphatic rings. The molecule has 0 aliphatic heterocycles. The summed E-state index contributed by atoms with van der Waals surface area (Å²) in [6.07, 6.45) is 0.0767. The second-order valence-electron chi connectivity index (χ2n) is 4.12. The van der Waals surface area contributed by atoms with Crippen molar-refractivity contribution in [3.63, 3.8) is 0 Å². The topological polar surface area (TPSA) is 23.8 Å².